The van der Waals surface area contributed by atoms with Gasteiger partial charge in [-0.1, -0.05) is 12.1 Å². The molecule has 0 aliphatic rings. The van der Waals surface area contributed by atoms with Crippen LogP contribution < -0.4 is 10.1 Å². The Morgan fingerprint density at radius 2 is 2.00 bits per heavy atom. The van der Waals surface area contributed by atoms with Crippen molar-refractivity contribution in [3.8, 4) is 11.8 Å². The Kier molecular flexibility index (Phi) is 6.54. The fourth-order valence-corrected chi connectivity index (χ4v) is 1.88. The predicted octanol–water partition coefficient (Wildman–Crippen LogP) is 2.01. The summed E-state index contributed by atoms with van der Waals surface area (Å²) in [4.78, 5) is 0. The summed E-state index contributed by atoms with van der Waals surface area (Å²) in [6.07, 6.45) is 1.72. The molecule has 0 aliphatic heterocycles. The van der Waals surface area contributed by atoms with E-state index in [-0.39, 0.29) is 17.9 Å². The van der Waals surface area contributed by atoms with Crippen LogP contribution in [0.2, 0.25) is 0 Å². The molecule has 0 spiro atoms. The zero-order valence-electron chi connectivity index (χ0n) is 11.6. The fourth-order valence-electron chi connectivity index (χ4n) is 1.55. The summed E-state index contributed by atoms with van der Waals surface area (Å²) >= 11 is 0. The third-order valence-electron chi connectivity index (χ3n) is 2.96. The first-order chi connectivity index (χ1) is 9.04. The van der Waals surface area contributed by atoms with Gasteiger partial charge in [-0.15, -0.1) is 0 Å². The van der Waals surface area contributed by atoms with E-state index in [4.69, 9.17) is 10.00 Å². The second-order valence-corrected chi connectivity index (χ2v) is 6.26. The minimum absolute atomic E-state index is 0.0625. The molecule has 0 amide bonds. The normalized spacial score (nSPS) is 15.3. The Morgan fingerprint density at radius 1 is 1.37 bits per heavy atom. The number of hydrogen-bond acceptors (Lipinski definition) is 4. The summed E-state index contributed by atoms with van der Waals surface area (Å²) in [5.41, 5.74) is 1.14. The van der Waals surface area contributed by atoms with E-state index < -0.39 is 10.8 Å². The first kappa shape index (κ1) is 15.7. The van der Waals surface area contributed by atoms with E-state index in [0.717, 1.165) is 12.1 Å². The molecule has 1 aromatic rings. The van der Waals surface area contributed by atoms with E-state index in [9.17, 15) is 4.21 Å². The van der Waals surface area contributed by atoms with E-state index in [2.05, 4.69) is 12.2 Å². The van der Waals surface area contributed by atoms with Crippen molar-refractivity contribution in [1.82, 2.24) is 5.32 Å². The second kappa shape index (κ2) is 7.93. The average Bonchev–Trinajstić information content (AvgIpc) is 2.42. The quantitative estimate of drug-likeness (QED) is 0.830. The summed E-state index contributed by atoms with van der Waals surface area (Å²) in [6.45, 7) is 4.81. The predicted molar refractivity (Wildman–Crippen MR) is 77.5 cm³/mol. The molecule has 5 heteroatoms. The molecule has 104 valence electrons. The number of hydrogen-bond donors (Lipinski definition) is 1. The van der Waals surface area contributed by atoms with Crippen LogP contribution in [0.25, 0.3) is 0 Å². The molecule has 0 radical (unpaired) electrons. The number of nitrogens with one attached hydrogen (secondary N) is 1. The topological polar surface area (TPSA) is 62.1 Å². The molecule has 0 aromatic heterocycles. The van der Waals surface area contributed by atoms with Crippen molar-refractivity contribution in [3.63, 3.8) is 0 Å². The first-order valence-corrected chi connectivity index (χ1v) is 7.82. The van der Waals surface area contributed by atoms with Gasteiger partial charge in [-0.2, -0.15) is 5.26 Å². The third-order valence-corrected chi connectivity index (χ3v) is 4.26. The monoisotopic (exact) mass is 280 g/mol. The van der Waals surface area contributed by atoms with Crippen LogP contribution in [0.5, 0.6) is 5.75 Å². The molecule has 1 aromatic carbocycles. The highest BCUT2D eigenvalue weighted by Crippen LogP contribution is 2.17. The van der Waals surface area contributed by atoms with E-state index in [1.807, 2.05) is 37.3 Å². The molecule has 19 heavy (non-hydrogen) atoms. The molecule has 0 fully saturated rings. The zero-order valence-corrected chi connectivity index (χ0v) is 12.4. The van der Waals surface area contributed by atoms with Crippen LogP contribution in [-0.2, 0) is 10.8 Å². The summed E-state index contributed by atoms with van der Waals surface area (Å²) in [5, 5.41) is 11.9. The lowest BCUT2D eigenvalue weighted by Gasteiger charge is -2.17. The number of ether oxygens (including phenoxy) is 1. The fraction of sp³-hybridized carbons (Fsp3) is 0.500. The van der Waals surface area contributed by atoms with Gasteiger partial charge in [0.05, 0.1) is 0 Å². The van der Waals surface area contributed by atoms with Crippen molar-refractivity contribution in [2.24, 2.45) is 0 Å². The molecule has 4 nitrogen and oxygen atoms in total. The molecule has 1 rings (SSSR count). The van der Waals surface area contributed by atoms with Gasteiger partial charge in [-0.25, -0.2) is 0 Å². The maximum atomic E-state index is 11.3. The van der Waals surface area contributed by atoms with Crippen molar-refractivity contribution in [3.05, 3.63) is 29.8 Å². The molecule has 3 atom stereocenters. The van der Waals surface area contributed by atoms with Crippen LogP contribution in [0, 0.1) is 11.3 Å². The SMILES string of the molecule is CC(NCC(C)S(C)=O)c1ccc(OCC#N)cc1. The molecular weight excluding hydrogens is 260 g/mol. The molecule has 0 saturated heterocycles. The molecule has 3 unspecified atom stereocenters. The van der Waals surface area contributed by atoms with E-state index in [0.29, 0.717) is 5.75 Å². The van der Waals surface area contributed by atoms with Gasteiger partial charge in [0, 0.05) is 34.9 Å². The lowest BCUT2D eigenvalue weighted by atomic mass is 10.1. The van der Waals surface area contributed by atoms with Crippen LogP contribution in [-0.4, -0.2) is 28.9 Å². The lowest BCUT2D eigenvalue weighted by molar-refractivity contribution is 0.368. The lowest BCUT2D eigenvalue weighted by Crippen LogP contribution is -2.29. The molecule has 0 saturated carbocycles. The standard InChI is InChI=1S/C14H20N2O2S/c1-11(19(3)17)10-16-12(2)13-4-6-14(7-5-13)18-9-8-15/h4-7,11-12,16H,9-10H2,1-3H3. The molecule has 0 aliphatic carbocycles. The summed E-state index contributed by atoms with van der Waals surface area (Å²) < 4.78 is 16.5. The smallest absolute Gasteiger partial charge is 0.174 e. The van der Waals surface area contributed by atoms with Crippen LogP contribution in [0.3, 0.4) is 0 Å². The Labute approximate surface area is 117 Å². The van der Waals surface area contributed by atoms with Crippen LogP contribution in [0.1, 0.15) is 25.5 Å². The van der Waals surface area contributed by atoms with E-state index in [1.54, 1.807) is 6.26 Å². The average molecular weight is 280 g/mol. The second-order valence-electron chi connectivity index (χ2n) is 4.45. The van der Waals surface area contributed by atoms with Crippen LogP contribution in [0.15, 0.2) is 24.3 Å². The first-order valence-electron chi connectivity index (χ1n) is 6.20. The molecular formula is C14H20N2O2S. The Bertz CT molecular complexity index is 454. The third kappa shape index (κ3) is 5.41. The highest BCUT2D eigenvalue weighted by molar-refractivity contribution is 7.84. The number of nitriles is 1. The van der Waals surface area contributed by atoms with Gasteiger partial charge in [-0.3, -0.25) is 4.21 Å². The van der Waals surface area contributed by atoms with Crippen molar-refractivity contribution < 1.29 is 8.95 Å². The van der Waals surface area contributed by atoms with Crippen LogP contribution in [0.4, 0.5) is 0 Å². The van der Waals surface area contributed by atoms with E-state index >= 15 is 0 Å². The number of rotatable bonds is 7. The van der Waals surface area contributed by atoms with Crippen molar-refractivity contribution in [2.45, 2.75) is 25.1 Å². The summed E-state index contributed by atoms with van der Waals surface area (Å²) in [5.74, 6) is 0.695. The number of benzene rings is 1. The Balaban J connectivity index is 2.51. The van der Waals surface area contributed by atoms with Gasteiger partial charge in [0.1, 0.15) is 11.8 Å². The van der Waals surface area contributed by atoms with Gasteiger partial charge in [0.2, 0.25) is 0 Å². The van der Waals surface area contributed by atoms with Gasteiger partial charge in [0.15, 0.2) is 6.61 Å². The molecule has 0 bridgehead atoms. The minimum Gasteiger partial charge on any atom is -0.479 e. The summed E-state index contributed by atoms with van der Waals surface area (Å²) in [7, 11) is -0.804. The maximum Gasteiger partial charge on any atom is 0.174 e. The van der Waals surface area contributed by atoms with Crippen molar-refractivity contribution >= 4 is 10.8 Å². The van der Waals surface area contributed by atoms with Gasteiger partial charge in [0.25, 0.3) is 0 Å². The molecule has 1 N–H and O–H groups in total. The summed E-state index contributed by atoms with van der Waals surface area (Å²) in [6, 6.07) is 9.77. The highest BCUT2D eigenvalue weighted by atomic mass is 32.2. The van der Waals surface area contributed by atoms with Gasteiger partial charge < -0.3 is 10.1 Å². The van der Waals surface area contributed by atoms with Crippen molar-refractivity contribution in [1.29, 1.82) is 5.26 Å². The van der Waals surface area contributed by atoms with Crippen molar-refractivity contribution in [2.75, 3.05) is 19.4 Å². The maximum absolute atomic E-state index is 11.3. The van der Waals surface area contributed by atoms with Gasteiger partial charge >= 0.3 is 0 Å². The highest BCUT2D eigenvalue weighted by Gasteiger charge is 2.09. The Hall–Kier alpha value is -1.38. The number of nitrogens with zero attached hydrogens (tertiary/aromatic N) is 1. The van der Waals surface area contributed by atoms with Crippen LogP contribution >= 0.6 is 0 Å². The largest absolute Gasteiger partial charge is 0.479 e. The molecule has 0 heterocycles. The van der Waals surface area contributed by atoms with E-state index in [1.165, 1.54) is 0 Å². The van der Waals surface area contributed by atoms with Gasteiger partial charge in [-0.05, 0) is 31.5 Å². The zero-order chi connectivity index (χ0) is 14.3. The Morgan fingerprint density at radius 3 is 2.53 bits per heavy atom. The minimum atomic E-state index is -0.804.